The molecule has 19 heavy (non-hydrogen) atoms. The highest BCUT2D eigenvalue weighted by atomic mass is 79.9. The van der Waals surface area contributed by atoms with E-state index in [9.17, 15) is 21.6 Å². The van der Waals surface area contributed by atoms with Gasteiger partial charge in [0.2, 0.25) is 10.0 Å². The minimum absolute atomic E-state index is 0.0947. The number of sulfonamides is 1. The molecule has 3 nitrogen and oxygen atoms in total. The Morgan fingerprint density at radius 2 is 1.79 bits per heavy atom. The predicted octanol–water partition coefficient (Wildman–Crippen LogP) is 3.16. The van der Waals surface area contributed by atoms with E-state index in [1.807, 2.05) is 0 Å². The zero-order valence-electron chi connectivity index (χ0n) is 9.69. The molecule has 8 heteroatoms. The first-order chi connectivity index (χ1) is 8.73. The van der Waals surface area contributed by atoms with Crippen molar-refractivity contribution in [2.24, 2.45) is 0 Å². The zero-order valence-corrected chi connectivity index (χ0v) is 12.1. The first-order valence-corrected chi connectivity index (χ1v) is 7.80. The Labute approximate surface area is 117 Å². The summed E-state index contributed by atoms with van der Waals surface area (Å²) in [6.45, 7) is -0.0947. The van der Waals surface area contributed by atoms with E-state index in [-0.39, 0.29) is 24.3 Å². The highest BCUT2D eigenvalue weighted by molar-refractivity contribution is 9.10. The van der Waals surface area contributed by atoms with Crippen molar-refractivity contribution in [2.75, 3.05) is 6.54 Å². The summed E-state index contributed by atoms with van der Waals surface area (Å²) in [4.78, 5) is -0.119. The van der Waals surface area contributed by atoms with Crippen LogP contribution in [0.25, 0.3) is 0 Å². The summed E-state index contributed by atoms with van der Waals surface area (Å²) < 4.78 is 64.1. The van der Waals surface area contributed by atoms with Gasteiger partial charge in [-0.3, -0.25) is 0 Å². The number of halogens is 4. The molecule has 0 bridgehead atoms. The molecule has 0 aliphatic carbocycles. The third-order valence-electron chi connectivity index (χ3n) is 3.00. The molecule has 2 rings (SSSR count). The zero-order chi connectivity index (χ0) is 14.3. The van der Waals surface area contributed by atoms with Crippen LogP contribution in [0, 0.1) is 0 Å². The largest absolute Gasteiger partial charge is 0.405 e. The normalized spacial score (nSPS) is 21.8. The Morgan fingerprint density at radius 1 is 1.21 bits per heavy atom. The second kappa shape index (κ2) is 5.06. The van der Waals surface area contributed by atoms with Crippen molar-refractivity contribution in [3.05, 3.63) is 28.7 Å². The van der Waals surface area contributed by atoms with Gasteiger partial charge in [-0.15, -0.1) is 0 Å². The summed E-state index contributed by atoms with van der Waals surface area (Å²) in [5.41, 5.74) is 0. The molecular weight excluding hydrogens is 347 g/mol. The fraction of sp³-hybridized carbons (Fsp3) is 0.455. The summed E-state index contributed by atoms with van der Waals surface area (Å²) in [5.74, 6) is 0. The minimum atomic E-state index is -4.53. The topological polar surface area (TPSA) is 37.4 Å². The van der Waals surface area contributed by atoms with Gasteiger partial charge in [0.05, 0.1) is 4.90 Å². The van der Waals surface area contributed by atoms with Crippen LogP contribution in [-0.4, -0.2) is 31.5 Å². The monoisotopic (exact) mass is 357 g/mol. The summed E-state index contributed by atoms with van der Waals surface area (Å²) in [6.07, 6.45) is -4.49. The van der Waals surface area contributed by atoms with Gasteiger partial charge in [-0.25, -0.2) is 8.42 Å². The van der Waals surface area contributed by atoms with E-state index in [0.717, 1.165) is 0 Å². The van der Waals surface area contributed by atoms with Crippen molar-refractivity contribution in [2.45, 2.75) is 30.0 Å². The van der Waals surface area contributed by atoms with E-state index in [0.29, 0.717) is 8.78 Å². The van der Waals surface area contributed by atoms with Crippen molar-refractivity contribution < 1.29 is 21.6 Å². The molecule has 0 radical (unpaired) electrons. The number of nitrogens with zero attached hydrogens (tertiary/aromatic N) is 1. The smallest absolute Gasteiger partial charge is 0.207 e. The molecule has 1 heterocycles. The first kappa shape index (κ1) is 14.8. The molecule has 106 valence electrons. The fourth-order valence-corrected chi connectivity index (χ4v) is 4.04. The van der Waals surface area contributed by atoms with Crippen LogP contribution in [-0.2, 0) is 10.0 Å². The minimum Gasteiger partial charge on any atom is -0.207 e. The number of hydrogen-bond acceptors (Lipinski definition) is 2. The highest BCUT2D eigenvalue weighted by Crippen LogP contribution is 2.36. The number of alkyl halides is 3. The first-order valence-electron chi connectivity index (χ1n) is 5.57. The number of hydrogen-bond donors (Lipinski definition) is 0. The Balaban J connectivity index is 2.37. The van der Waals surface area contributed by atoms with Crippen molar-refractivity contribution >= 4 is 26.0 Å². The quantitative estimate of drug-likeness (QED) is 0.815. The van der Waals surface area contributed by atoms with Gasteiger partial charge >= 0.3 is 6.18 Å². The Hall–Kier alpha value is -0.600. The molecule has 1 unspecified atom stereocenters. The molecule has 1 atom stereocenters. The van der Waals surface area contributed by atoms with Crippen molar-refractivity contribution in [1.82, 2.24) is 4.31 Å². The van der Waals surface area contributed by atoms with Crippen LogP contribution >= 0.6 is 15.9 Å². The van der Waals surface area contributed by atoms with E-state index in [1.165, 1.54) is 24.3 Å². The molecule has 1 saturated heterocycles. The maximum absolute atomic E-state index is 12.8. The summed E-state index contributed by atoms with van der Waals surface area (Å²) >= 11 is 3.15. The average Bonchev–Trinajstić information content (AvgIpc) is 2.78. The van der Waals surface area contributed by atoms with Crippen LogP contribution in [0.15, 0.2) is 33.6 Å². The van der Waals surface area contributed by atoms with E-state index in [4.69, 9.17) is 0 Å². The Kier molecular flexibility index (Phi) is 3.95. The molecule has 0 amide bonds. The molecular formula is C11H11BrF3NO2S. The Bertz CT molecular complexity index is 556. The predicted molar refractivity (Wildman–Crippen MR) is 67.1 cm³/mol. The molecule has 0 N–H and O–H groups in total. The van der Waals surface area contributed by atoms with E-state index >= 15 is 0 Å². The summed E-state index contributed by atoms with van der Waals surface area (Å²) in [5, 5.41) is 0. The summed E-state index contributed by atoms with van der Waals surface area (Å²) in [6, 6.07) is 3.66. The third-order valence-corrected chi connectivity index (χ3v) is 5.45. The van der Waals surface area contributed by atoms with Gasteiger partial charge in [0, 0.05) is 11.0 Å². The molecule has 0 spiro atoms. The maximum atomic E-state index is 12.8. The lowest BCUT2D eigenvalue weighted by atomic mass is 10.2. The third kappa shape index (κ3) is 2.95. The van der Waals surface area contributed by atoms with Crippen molar-refractivity contribution in [3.8, 4) is 0 Å². The molecule has 1 aromatic carbocycles. The van der Waals surface area contributed by atoms with Gasteiger partial charge in [0.1, 0.15) is 6.04 Å². The lowest BCUT2D eigenvalue weighted by molar-refractivity contribution is -0.165. The molecule has 1 aliphatic rings. The Morgan fingerprint density at radius 3 is 2.32 bits per heavy atom. The summed E-state index contributed by atoms with van der Waals surface area (Å²) in [7, 11) is -4.10. The number of rotatable bonds is 2. The van der Waals surface area contributed by atoms with Gasteiger partial charge in [-0.1, -0.05) is 15.9 Å². The lowest BCUT2D eigenvalue weighted by Crippen LogP contribution is -2.44. The second-order valence-electron chi connectivity index (χ2n) is 4.27. The van der Waals surface area contributed by atoms with Crippen LogP contribution in [0.5, 0.6) is 0 Å². The van der Waals surface area contributed by atoms with Crippen LogP contribution in [0.3, 0.4) is 0 Å². The van der Waals surface area contributed by atoms with Crippen LogP contribution < -0.4 is 0 Å². The van der Waals surface area contributed by atoms with Crippen LogP contribution in [0.4, 0.5) is 13.2 Å². The maximum Gasteiger partial charge on any atom is 0.405 e. The average molecular weight is 358 g/mol. The molecule has 1 aliphatic heterocycles. The van der Waals surface area contributed by atoms with E-state index in [2.05, 4.69) is 15.9 Å². The standard InChI is InChI=1S/C11H11BrF3NO2S/c12-8-3-5-9(6-4-8)19(17,18)16-7-1-2-10(16)11(13,14)15/h3-6,10H,1-2,7H2. The van der Waals surface area contributed by atoms with E-state index < -0.39 is 22.2 Å². The SMILES string of the molecule is O=S(=O)(c1ccc(Br)cc1)N1CCCC1C(F)(F)F. The molecule has 1 aromatic rings. The van der Waals surface area contributed by atoms with Gasteiger partial charge < -0.3 is 0 Å². The molecule has 1 fully saturated rings. The highest BCUT2D eigenvalue weighted by Gasteiger charge is 2.50. The molecule has 0 aromatic heterocycles. The lowest BCUT2D eigenvalue weighted by Gasteiger charge is -2.25. The van der Waals surface area contributed by atoms with Gasteiger partial charge in [-0.05, 0) is 37.1 Å². The van der Waals surface area contributed by atoms with Gasteiger partial charge in [-0.2, -0.15) is 17.5 Å². The van der Waals surface area contributed by atoms with E-state index in [1.54, 1.807) is 0 Å². The second-order valence-corrected chi connectivity index (χ2v) is 7.08. The van der Waals surface area contributed by atoms with Crippen LogP contribution in [0.2, 0.25) is 0 Å². The number of benzene rings is 1. The fourth-order valence-electron chi connectivity index (χ4n) is 2.10. The van der Waals surface area contributed by atoms with Gasteiger partial charge in [0.15, 0.2) is 0 Å². The van der Waals surface area contributed by atoms with Crippen LogP contribution in [0.1, 0.15) is 12.8 Å². The van der Waals surface area contributed by atoms with Crippen molar-refractivity contribution in [1.29, 1.82) is 0 Å². The molecule has 0 saturated carbocycles. The van der Waals surface area contributed by atoms with Crippen molar-refractivity contribution in [3.63, 3.8) is 0 Å². The van der Waals surface area contributed by atoms with Gasteiger partial charge in [0.25, 0.3) is 0 Å².